The molecule has 1 aromatic heterocycles. The lowest BCUT2D eigenvalue weighted by atomic mass is 10.1. The van der Waals surface area contributed by atoms with E-state index in [0.717, 1.165) is 28.0 Å². The highest BCUT2D eigenvalue weighted by molar-refractivity contribution is 5.98. The summed E-state index contributed by atoms with van der Waals surface area (Å²) < 4.78 is 16.2. The van der Waals surface area contributed by atoms with Crippen LogP contribution >= 0.6 is 0 Å². The molecule has 4 rings (SSSR count). The van der Waals surface area contributed by atoms with Crippen LogP contribution in [0.15, 0.2) is 65.8 Å². The van der Waals surface area contributed by atoms with Gasteiger partial charge in [0, 0.05) is 17.5 Å². The largest absolute Gasteiger partial charge is 0.493 e. The quantitative estimate of drug-likeness (QED) is 0.287. The van der Waals surface area contributed by atoms with Gasteiger partial charge in [-0.3, -0.25) is 4.79 Å². The average molecular weight is 459 g/mol. The number of H-pyrrole nitrogens is 1. The number of carbonyl (C=O) groups is 1. The number of hydrogen-bond donors (Lipinski definition) is 2. The number of fused-ring (bicyclic) bond motifs is 1. The zero-order chi connectivity index (χ0) is 23.9. The fraction of sp³-hybridized carbons (Fsp3) is 0.192. The molecule has 8 nitrogen and oxygen atoms in total. The molecule has 0 bridgehead atoms. The minimum atomic E-state index is -0.317. The zero-order valence-electron chi connectivity index (χ0n) is 19.3. The number of rotatable bonds is 9. The summed E-state index contributed by atoms with van der Waals surface area (Å²) in [7, 11) is 3.22. The Kier molecular flexibility index (Phi) is 7.07. The van der Waals surface area contributed by atoms with Crippen LogP contribution in [0.5, 0.6) is 17.2 Å². The summed E-state index contributed by atoms with van der Waals surface area (Å²) >= 11 is 0. The van der Waals surface area contributed by atoms with Gasteiger partial charge in [0.25, 0.3) is 5.91 Å². The maximum Gasteiger partial charge on any atom is 0.271 e. The van der Waals surface area contributed by atoms with Gasteiger partial charge in [-0.25, -0.2) is 10.4 Å². The molecule has 1 amide bonds. The van der Waals surface area contributed by atoms with E-state index in [9.17, 15) is 4.79 Å². The fourth-order valence-electron chi connectivity index (χ4n) is 3.57. The molecule has 0 aliphatic carbocycles. The lowest BCUT2D eigenvalue weighted by molar-refractivity contribution is 0.0955. The van der Waals surface area contributed by atoms with Crippen LogP contribution in [0.4, 0.5) is 0 Å². The van der Waals surface area contributed by atoms with Gasteiger partial charge in [-0.15, -0.1) is 0 Å². The maximum atomic E-state index is 12.6. The van der Waals surface area contributed by atoms with Gasteiger partial charge in [0.1, 0.15) is 11.6 Å². The fourth-order valence-corrected chi connectivity index (χ4v) is 3.57. The molecule has 0 spiro atoms. The van der Waals surface area contributed by atoms with Crippen molar-refractivity contribution in [3.05, 3.63) is 83.2 Å². The van der Waals surface area contributed by atoms with E-state index < -0.39 is 0 Å². The smallest absolute Gasteiger partial charge is 0.271 e. The van der Waals surface area contributed by atoms with Crippen molar-refractivity contribution in [2.24, 2.45) is 5.10 Å². The van der Waals surface area contributed by atoms with Crippen LogP contribution in [0, 0.1) is 0 Å². The highest BCUT2D eigenvalue weighted by atomic mass is 16.5. The summed E-state index contributed by atoms with van der Waals surface area (Å²) in [4.78, 5) is 20.5. The molecule has 0 unspecified atom stereocenters. The molecule has 0 aliphatic rings. The molecular weight excluding hydrogens is 432 g/mol. The molecule has 2 N–H and O–H groups in total. The number of carbonyl (C=O) groups excluding carboxylic acids is 1. The highest BCUT2D eigenvalue weighted by Crippen LogP contribution is 2.28. The molecule has 0 aliphatic heterocycles. The van der Waals surface area contributed by atoms with E-state index in [1.54, 1.807) is 32.6 Å². The predicted octanol–water partition coefficient (Wildman–Crippen LogP) is 4.33. The molecule has 3 aromatic carbocycles. The topological polar surface area (TPSA) is 97.8 Å². The van der Waals surface area contributed by atoms with Crippen molar-refractivity contribution in [3.8, 4) is 17.2 Å². The summed E-state index contributed by atoms with van der Waals surface area (Å²) in [6, 6.07) is 18.6. The van der Waals surface area contributed by atoms with Gasteiger partial charge in [-0.05, 0) is 55.0 Å². The Balaban J connectivity index is 1.46. The van der Waals surface area contributed by atoms with Gasteiger partial charge in [-0.1, -0.05) is 18.2 Å². The molecule has 0 atom stereocenters. The van der Waals surface area contributed by atoms with Crippen molar-refractivity contribution in [1.29, 1.82) is 0 Å². The lowest BCUT2D eigenvalue weighted by Gasteiger charge is -2.08. The van der Waals surface area contributed by atoms with Gasteiger partial charge >= 0.3 is 0 Å². The van der Waals surface area contributed by atoms with Crippen LogP contribution in [-0.4, -0.2) is 42.9 Å². The van der Waals surface area contributed by atoms with E-state index in [2.05, 4.69) is 20.5 Å². The molecule has 174 valence electrons. The second-order valence-corrected chi connectivity index (χ2v) is 7.45. The van der Waals surface area contributed by atoms with Crippen molar-refractivity contribution in [3.63, 3.8) is 0 Å². The standard InChI is InChI=1S/C26H26N4O4/c1-4-34-22-8-6-5-7-19(22)16-27-30-26(31)18-10-11-20-21(15-18)29-25(28-20)14-17-9-12-23(32-2)24(13-17)33-3/h5-13,15-16H,4,14H2,1-3H3,(H,28,29)(H,30,31)/b27-16-. The summed E-state index contributed by atoms with van der Waals surface area (Å²) in [5, 5.41) is 4.08. The van der Waals surface area contributed by atoms with Crippen LogP contribution in [0.2, 0.25) is 0 Å². The third-order valence-electron chi connectivity index (χ3n) is 5.20. The van der Waals surface area contributed by atoms with Gasteiger partial charge in [0.15, 0.2) is 11.5 Å². The Morgan fingerprint density at radius 1 is 1.03 bits per heavy atom. The monoisotopic (exact) mass is 458 g/mol. The number of aromatic amines is 1. The number of hydrogen-bond acceptors (Lipinski definition) is 6. The SMILES string of the molecule is CCOc1ccccc1/C=N\NC(=O)c1ccc2nc(Cc3ccc(OC)c(OC)c3)[nH]c2c1. The van der Waals surface area contributed by atoms with Gasteiger partial charge in [0.2, 0.25) is 0 Å². The van der Waals surface area contributed by atoms with E-state index in [-0.39, 0.29) is 5.91 Å². The summed E-state index contributed by atoms with van der Waals surface area (Å²) in [6.07, 6.45) is 2.15. The third kappa shape index (κ3) is 5.17. The number of amides is 1. The number of aromatic nitrogens is 2. The second kappa shape index (κ2) is 10.5. The number of para-hydroxylation sites is 1. The number of nitrogens with one attached hydrogen (secondary N) is 2. The third-order valence-corrected chi connectivity index (χ3v) is 5.20. The second-order valence-electron chi connectivity index (χ2n) is 7.45. The number of benzene rings is 3. The van der Waals surface area contributed by atoms with E-state index >= 15 is 0 Å². The molecule has 34 heavy (non-hydrogen) atoms. The first-order valence-electron chi connectivity index (χ1n) is 10.9. The van der Waals surface area contributed by atoms with Crippen molar-refractivity contribution in [2.75, 3.05) is 20.8 Å². The number of hydrazone groups is 1. The zero-order valence-corrected chi connectivity index (χ0v) is 19.3. The first kappa shape index (κ1) is 22.8. The van der Waals surface area contributed by atoms with Crippen molar-refractivity contribution < 1.29 is 19.0 Å². The molecule has 4 aromatic rings. The van der Waals surface area contributed by atoms with Crippen LogP contribution < -0.4 is 19.6 Å². The van der Waals surface area contributed by atoms with Crippen molar-refractivity contribution in [1.82, 2.24) is 15.4 Å². The van der Waals surface area contributed by atoms with Crippen LogP contribution in [-0.2, 0) is 6.42 Å². The Labute approximate surface area is 197 Å². The van der Waals surface area contributed by atoms with Crippen LogP contribution in [0.25, 0.3) is 11.0 Å². The summed E-state index contributed by atoms with van der Waals surface area (Å²) in [6.45, 7) is 2.47. The van der Waals surface area contributed by atoms with Gasteiger partial charge in [-0.2, -0.15) is 5.10 Å². The van der Waals surface area contributed by atoms with E-state index in [1.807, 2.05) is 55.5 Å². The number of methoxy groups -OCH3 is 2. The Hall–Kier alpha value is -4.33. The first-order valence-corrected chi connectivity index (χ1v) is 10.9. The number of ether oxygens (including phenoxy) is 3. The number of nitrogens with zero attached hydrogens (tertiary/aromatic N) is 2. The summed E-state index contributed by atoms with van der Waals surface area (Å²) in [5.74, 6) is 2.52. The van der Waals surface area contributed by atoms with Crippen molar-refractivity contribution in [2.45, 2.75) is 13.3 Å². The highest BCUT2D eigenvalue weighted by Gasteiger charge is 2.11. The minimum absolute atomic E-state index is 0.317. The maximum absolute atomic E-state index is 12.6. The molecule has 1 heterocycles. The number of imidazole rings is 1. The Morgan fingerprint density at radius 2 is 1.85 bits per heavy atom. The predicted molar refractivity (Wildman–Crippen MR) is 131 cm³/mol. The van der Waals surface area contributed by atoms with E-state index in [0.29, 0.717) is 35.8 Å². The van der Waals surface area contributed by atoms with Crippen LogP contribution in [0.1, 0.15) is 34.2 Å². The molecule has 0 saturated carbocycles. The lowest BCUT2D eigenvalue weighted by Crippen LogP contribution is -2.17. The minimum Gasteiger partial charge on any atom is -0.493 e. The Bertz CT molecular complexity index is 1330. The van der Waals surface area contributed by atoms with Gasteiger partial charge in [0.05, 0.1) is 38.1 Å². The Morgan fingerprint density at radius 3 is 2.65 bits per heavy atom. The van der Waals surface area contributed by atoms with E-state index in [4.69, 9.17) is 14.2 Å². The average Bonchev–Trinajstić information content (AvgIpc) is 3.26. The normalized spacial score (nSPS) is 11.0. The molecule has 8 heteroatoms. The van der Waals surface area contributed by atoms with Crippen molar-refractivity contribution >= 4 is 23.2 Å². The summed E-state index contributed by atoms with van der Waals surface area (Å²) in [5.41, 5.74) is 6.40. The van der Waals surface area contributed by atoms with Gasteiger partial charge < -0.3 is 19.2 Å². The first-order chi connectivity index (χ1) is 16.6. The molecule has 0 fully saturated rings. The van der Waals surface area contributed by atoms with Crippen LogP contribution in [0.3, 0.4) is 0 Å². The molecular formula is C26H26N4O4. The van der Waals surface area contributed by atoms with E-state index in [1.165, 1.54) is 0 Å². The molecule has 0 saturated heterocycles. The molecule has 0 radical (unpaired) electrons.